The summed E-state index contributed by atoms with van der Waals surface area (Å²) in [6.07, 6.45) is -4.45. The second-order valence-electron chi connectivity index (χ2n) is 5.10. The summed E-state index contributed by atoms with van der Waals surface area (Å²) in [5.41, 5.74) is 1.70. The summed E-state index contributed by atoms with van der Waals surface area (Å²) >= 11 is 1.37. The first-order valence-electron chi connectivity index (χ1n) is 6.88. The molecule has 0 saturated heterocycles. The first-order valence-corrected chi connectivity index (χ1v) is 7.83. The van der Waals surface area contributed by atoms with Crippen molar-refractivity contribution in [1.82, 2.24) is 4.90 Å². The van der Waals surface area contributed by atoms with Crippen molar-refractivity contribution in [3.05, 3.63) is 52.2 Å². The topological polar surface area (TPSA) is 29.5 Å². The van der Waals surface area contributed by atoms with Gasteiger partial charge in [0.05, 0.1) is 0 Å². The first kappa shape index (κ1) is 17.3. The Bertz CT molecular complexity index is 624. The van der Waals surface area contributed by atoms with E-state index in [1.807, 2.05) is 6.92 Å². The number of thiophene rings is 1. The maximum Gasteiger partial charge on any atom is 0.406 e. The van der Waals surface area contributed by atoms with Gasteiger partial charge >= 0.3 is 6.18 Å². The second kappa shape index (κ2) is 7.50. The Morgan fingerprint density at radius 1 is 1.22 bits per heavy atom. The number of amides is 1. The van der Waals surface area contributed by atoms with Crippen molar-refractivity contribution in [3.63, 3.8) is 0 Å². The fraction of sp³-hybridized carbons (Fsp3) is 0.312. The molecule has 1 aromatic carbocycles. The molecule has 23 heavy (non-hydrogen) atoms. The number of ether oxygens (including phenoxy) is 1. The summed E-state index contributed by atoms with van der Waals surface area (Å²) in [5, 5.41) is 3.48. The molecule has 0 saturated carbocycles. The van der Waals surface area contributed by atoms with Crippen LogP contribution in [0.15, 0.2) is 41.1 Å². The Balaban J connectivity index is 1.98. The number of halogens is 3. The van der Waals surface area contributed by atoms with Crippen molar-refractivity contribution in [2.24, 2.45) is 0 Å². The van der Waals surface area contributed by atoms with E-state index < -0.39 is 25.2 Å². The van der Waals surface area contributed by atoms with Crippen LogP contribution in [0.3, 0.4) is 0 Å². The third kappa shape index (κ3) is 5.94. The van der Waals surface area contributed by atoms with Crippen LogP contribution in [0.1, 0.15) is 11.1 Å². The highest BCUT2D eigenvalue weighted by Crippen LogP contribution is 2.19. The third-order valence-corrected chi connectivity index (χ3v) is 3.79. The molecule has 0 aliphatic carbocycles. The molecule has 3 nitrogen and oxygen atoms in total. The minimum Gasteiger partial charge on any atom is -0.484 e. The Hall–Kier alpha value is -2.02. The summed E-state index contributed by atoms with van der Waals surface area (Å²) in [6.45, 7) is 0.0994. The van der Waals surface area contributed by atoms with Crippen molar-refractivity contribution < 1.29 is 22.7 Å². The summed E-state index contributed by atoms with van der Waals surface area (Å²) in [5.74, 6) is -0.249. The number of alkyl halides is 3. The van der Waals surface area contributed by atoms with Gasteiger partial charge in [-0.25, -0.2) is 0 Å². The molecular formula is C16H16F3NO2S. The van der Waals surface area contributed by atoms with Crippen LogP contribution in [0.25, 0.3) is 0 Å². The van der Waals surface area contributed by atoms with Crippen LogP contribution in [0.5, 0.6) is 5.75 Å². The summed E-state index contributed by atoms with van der Waals surface area (Å²) < 4.78 is 43.3. The minimum atomic E-state index is -4.45. The molecule has 7 heteroatoms. The van der Waals surface area contributed by atoms with Crippen LogP contribution in [-0.4, -0.2) is 30.1 Å². The first-order chi connectivity index (χ1) is 10.8. The lowest BCUT2D eigenvalue weighted by Gasteiger charge is -2.23. The SMILES string of the molecule is Cc1ccc(OCC(=O)N(Cc2ccsc2)CC(F)(F)F)cc1. The van der Waals surface area contributed by atoms with Crippen LogP contribution < -0.4 is 4.74 Å². The molecule has 0 spiro atoms. The Kier molecular flexibility index (Phi) is 5.65. The van der Waals surface area contributed by atoms with Crippen molar-refractivity contribution in [2.75, 3.05) is 13.2 Å². The molecule has 0 N–H and O–H groups in total. The van der Waals surface area contributed by atoms with Gasteiger partial charge < -0.3 is 9.64 Å². The summed E-state index contributed by atoms with van der Waals surface area (Å²) in [6, 6.07) is 8.66. The van der Waals surface area contributed by atoms with Gasteiger partial charge in [0, 0.05) is 6.54 Å². The predicted octanol–water partition coefficient (Wildman–Crippen LogP) is 4.03. The zero-order valence-electron chi connectivity index (χ0n) is 12.5. The fourth-order valence-electron chi connectivity index (χ4n) is 1.92. The molecule has 1 heterocycles. The molecule has 0 unspecified atom stereocenters. The molecular weight excluding hydrogens is 327 g/mol. The van der Waals surface area contributed by atoms with Gasteiger partial charge in [0.15, 0.2) is 6.61 Å². The highest BCUT2D eigenvalue weighted by molar-refractivity contribution is 7.07. The van der Waals surface area contributed by atoms with E-state index in [2.05, 4.69) is 0 Å². The van der Waals surface area contributed by atoms with Crippen LogP contribution in [0.2, 0.25) is 0 Å². The number of carbonyl (C=O) groups is 1. The number of hydrogen-bond donors (Lipinski definition) is 0. The maximum atomic E-state index is 12.7. The molecule has 0 atom stereocenters. The van der Waals surface area contributed by atoms with Gasteiger partial charge in [-0.3, -0.25) is 4.79 Å². The number of rotatable bonds is 6. The fourth-order valence-corrected chi connectivity index (χ4v) is 2.58. The van der Waals surface area contributed by atoms with Crippen molar-refractivity contribution in [1.29, 1.82) is 0 Å². The van der Waals surface area contributed by atoms with Crippen molar-refractivity contribution in [2.45, 2.75) is 19.6 Å². The van der Waals surface area contributed by atoms with Gasteiger partial charge in [0.1, 0.15) is 12.3 Å². The number of carbonyl (C=O) groups excluding carboxylic acids is 1. The normalized spacial score (nSPS) is 11.3. The molecule has 1 amide bonds. The number of benzene rings is 1. The standard InChI is InChI=1S/C16H16F3NO2S/c1-12-2-4-14(5-3-12)22-9-15(21)20(11-16(17,18)19)8-13-6-7-23-10-13/h2-7,10H,8-9,11H2,1H3. The average molecular weight is 343 g/mol. The van der Waals surface area contributed by atoms with E-state index in [0.29, 0.717) is 11.3 Å². The molecule has 0 bridgehead atoms. The lowest BCUT2D eigenvalue weighted by Crippen LogP contribution is -2.40. The largest absolute Gasteiger partial charge is 0.484 e. The number of aryl methyl sites for hydroxylation is 1. The molecule has 0 aliphatic rings. The van der Waals surface area contributed by atoms with Gasteiger partial charge in [0.25, 0.3) is 5.91 Å². The molecule has 0 fully saturated rings. The molecule has 0 radical (unpaired) electrons. The maximum absolute atomic E-state index is 12.7. The number of nitrogens with zero attached hydrogens (tertiary/aromatic N) is 1. The second-order valence-corrected chi connectivity index (χ2v) is 5.88. The van der Waals surface area contributed by atoms with E-state index >= 15 is 0 Å². The third-order valence-electron chi connectivity index (χ3n) is 3.06. The van der Waals surface area contributed by atoms with E-state index in [9.17, 15) is 18.0 Å². The smallest absolute Gasteiger partial charge is 0.406 e. The quantitative estimate of drug-likeness (QED) is 0.793. The molecule has 1 aromatic heterocycles. The van der Waals surface area contributed by atoms with Crippen LogP contribution in [0, 0.1) is 6.92 Å². The van der Waals surface area contributed by atoms with Crippen LogP contribution >= 0.6 is 11.3 Å². The van der Waals surface area contributed by atoms with E-state index in [1.165, 1.54) is 11.3 Å². The predicted molar refractivity (Wildman–Crippen MR) is 82.5 cm³/mol. The van der Waals surface area contributed by atoms with E-state index in [-0.39, 0.29) is 6.54 Å². The summed E-state index contributed by atoms with van der Waals surface area (Å²) in [4.78, 5) is 12.9. The molecule has 124 valence electrons. The Labute approximate surface area is 136 Å². The monoisotopic (exact) mass is 343 g/mol. The Morgan fingerprint density at radius 2 is 1.91 bits per heavy atom. The van der Waals surface area contributed by atoms with Gasteiger partial charge in [-0.05, 0) is 41.4 Å². The van der Waals surface area contributed by atoms with Crippen LogP contribution in [-0.2, 0) is 11.3 Å². The van der Waals surface area contributed by atoms with Gasteiger partial charge in [-0.15, -0.1) is 0 Å². The highest BCUT2D eigenvalue weighted by atomic mass is 32.1. The van der Waals surface area contributed by atoms with Gasteiger partial charge in [-0.2, -0.15) is 24.5 Å². The van der Waals surface area contributed by atoms with Crippen molar-refractivity contribution >= 4 is 17.2 Å². The minimum absolute atomic E-state index is 0.0842. The number of hydrogen-bond acceptors (Lipinski definition) is 3. The van der Waals surface area contributed by atoms with Gasteiger partial charge in [-0.1, -0.05) is 17.7 Å². The van der Waals surface area contributed by atoms with E-state index in [0.717, 1.165) is 10.5 Å². The van der Waals surface area contributed by atoms with Gasteiger partial charge in [0.2, 0.25) is 0 Å². The average Bonchev–Trinajstić information content (AvgIpc) is 2.97. The zero-order chi connectivity index (χ0) is 16.9. The molecule has 2 aromatic rings. The lowest BCUT2D eigenvalue weighted by molar-refractivity contribution is -0.163. The highest BCUT2D eigenvalue weighted by Gasteiger charge is 2.33. The van der Waals surface area contributed by atoms with Crippen molar-refractivity contribution in [3.8, 4) is 5.75 Å². The summed E-state index contributed by atoms with van der Waals surface area (Å²) in [7, 11) is 0. The van der Waals surface area contributed by atoms with E-state index in [1.54, 1.807) is 41.1 Å². The Morgan fingerprint density at radius 3 is 2.48 bits per heavy atom. The lowest BCUT2D eigenvalue weighted by atomic mass is 10.2. The molecule has 2 rings (SSSR count). The molecule has 0 aliphatic heterocycles. The van der Waals surface area contributed by atoms with Crippen LogP contribution in [0.4, 0.5) is 13.2 Å². The van der Waals surface area contributed by atoms with E-state index in [4.69, 9.17) is 4.74 Å². The zero-order valence-corrected chi connectivity index (χ0v) is 13.3.